The summed E-state index contributed by atoms with van der Waals surface area (Å²) in [7, 11) is 0. The van der Waals surface area contributed by atoms with E-state index in [1.54, 1.807) is 0 Å². The molecule has 0 radical (unpaired) electrons. The van der Waals surface area contributed by atoms with Gasteiger partial charge in [-0.2, -0.15) is 0 Å². The summed E-state index contributed by atoms with van der Waals surface area (Å²) in [5, 5.41) is 0. The maximum Gasteiger partial charge on any atom is 0.0793 e. The van der Waals surface area contributed by atoms with Crippen LogP contribution in [0.2, 0.25) is 0 Å². The molecule has 1 heteroatoms. The van der Waals surface area contributed by atoms with Gasteiger partial charge in [-0.3, -0.25) is 0 Å². The average Bonchev–Trinajstić information content (AvgIpc) is 2.84. The maximum atomic E-state index is 5.75. The van der Waals surface area contributed by atoms with Gasteiger partial charge in [-0.1, -0.05) is 49.4 Å². The lowest BCUT2D eigenvalue weighted by atomic mass is 10.1. The second-order valence-electron chi connectivity index (χ2n) is 5.01. The molecule has 1 saturated heterocycles. The zero-order chi connectivity index (χ0) is 10.3. The SMILES string of the molecule is C[C@@]12CO[C@H](/C=C/c3ccccc3)[C@@H]1C2. The van der Waals surface area contributed by atoms with Gasteiger partial charge in [0, 0.05) is 0 Å². The largest absolute Gasteiger partial charge is 0.373 e. The molecule has 0 amide bonds. The number of hydrogen-bond donors (Lipinski definition) is 0. The topological polar surface area (TPSA) is 9.23 Å². The first-order chi connectivity index (χ1) is 7.28. The van der Waals surface area contributed by atoms with Crippen LogP contribution in [0.1, 0.15) is 18.9 Å². The van der Waals surface area contributed by atoms with Crippen molar-refractivity contribution in [3.05, 3.63) is 42.0 Å². The summed E-state index contributed by atoms with van der Waals surface area (Å²) in [6.07, 6.45) is 6.10. The van der Waals surface area contributed by atoms with E-state index in [0.717, 1.165) is 12.5 Å². The van der Waals surface area contributed by atoms with Crippen molar-refractivity contribution >= 4 is 6.08 Å². The lowest BCUT2D eigenvalue weighted by molar-refractivity contribution is 0.104. The minimum atomic E-state index is 0.357. The Kier molecular flexibility index (Phi) is 1.96. The molecule has 3 rings (SSSR count). The van der Waals surface area contributed by atoms with Crippen molar-refractivity contribution in [1.29, 1.82) is 0 Å². The van der Waals surface area contributed by atoms with E-state index in [2.05, 4.69) is 43.3 Å². The molecular formula is C14H16O. The molecule has 1 aliphatic carbocycles. The Hall–Kier alpha value is -1.08. The van der Waals surface area contributed by atoms with Crippen molar-refractivity contribution in [3.8, 4) is 0 Å². The molecule has 0 bridgehead atoms. The molecule has 2 fully saturated rings. The van der Waals surface area contributed by atoms with Crippen molar-refractivity contribution in [2.75, 3.05) is 6.61 Å². The predicted molar refractivity (Wildman–Crippen MR) is 61.4 cm³/mol. The van der Waals surface area contributed by atoms with E-state index in [1.807, 2.05) is 6.07 Å². The Morgan fingerprint density at radius 3 is 2.73 bits per heavy atom. The molecule has 1 aliphatic heterocycles. The lowest BCUT2D eigenvalue weighted by Gasteiger charge is -2.05. The Morgan fingerprint density at radius 1 is 1.33 bits per heavy atom. The second kappa shape index (κ2) is 3.21. The number of ether oxygens (including phenoxy) is 1. The van der Waals surface area contributed by atoms with Gasteiger partial charge in [0.1, 0.15) is 0 Å². The van der Waals surface area contributed by atoms with E-state index in [1.165, 1.54) is 12.0 Å². The zero-order valence-electron chi connectivity index (χ0n) is 9.02. The fourth-order valence-electron chi connectivity index (χ4n) is 2.48. The number of hydrogen-bond acceptors (Lipinski definition) is 1. The molecule has 1 aromatic carbocycles. The van der Waals surface area contributed by atoms with E-state index in [-0.39, 0.29) is 0 Å². The van der Waals surface area contributed by atoms with Gasteiger partial charge in [0.25, 0.3) is 0 Å². The van der Waals surface area contributed by atoms with E-state index in [9.17, 15) is 0 Å². The highest BCUT2D eigenvalue weighted by Gasteiger charge is 2.58. The smallest absolute Gasteiger partial charge is 0.0793 e. The molecule has 15 heavy (non-hydrogen) atoms. The average molecular weight is 200 g/mol. The van der Waals surface area contributed by atoms with Crippen LogP contribution in [0.15, 0.2) is 36.4 Å². The highest BCUT2D eigenvalue weighted by Crippen LogP contribution is 2.59. The highest BCUT2D eigenvalue weighted by molar-refractivity contribution is 5.49. The summed E-state index contributed by atoms with van der Waals surface area (Å²) in [6, 6.07) is 10.4. The van der Waals surface area contributed by atoms with Gasteiger partial charge in [-0.15, -0.1) is 0 Å². The van der Waals surface area contributed by atoms with Crippen LogP contribution in [0, 0.1) is 11.3 Å². The first-order valence-corrected chi connectivity index (χ1v) is 5.63. The standard InChI is InChI=1S/C14H16O/c1-14-9-12(14)13(15-10-14)8-7-11-5-3-2-4-6-11/h2-8,12-13H,9-10H2,1H3/b8-7+/t12-,13+,14+/m0/s1. The Bertz CT molecular complexity index is 382. The van der Waals surface area contributed by atoms with Crippen LogP contribution in [0.4, 0.5) is 0 Å². The summed E-state index contributed by atoms with van der Waals surface area (Å²) in [4.78, 5) is 0. The maximum absolute atomic E-state index is 5.75. The lowest BCUT2D eigenvalue weighted by Crippen LogP contribution is -2.05. The van der Waals surface area contributed by atoms with Gasteiger partial charge in [0.15, 0.2) is 0 Å². The van der Waals surface area contributed by atoms with Crippen LogP contribution in [0.5, 0.6) is 0 Å². The molecule has 1 nitrogen and oxygen atoms in total. The molecule has 1 saturated carbocycles. The fraction of sp³-hybridized carbons (Fsp3) is 0.429. The van der Waals surface area contributed by atoms with Crippen molar-refractivity contribution in [2.24, 2.45) is 11.3 Å². The summed E-state index contributed by atoms with van der Waals surface area (Å²) >= 11 is 0. The van der Waals surface area contributed by atoms with Gasteiger partial charge in [0.2, 0.25) is 0 Å². The number of fused-ring (bicyclic) bond motifs is 1. The predicted octanol–water partition coefficient (Wildman–Crippen LogP) is 3.12. The summed E-state index contributed by atoms with van der Waals surface area (Å²) in [6.45, 7) is 3.27. The highest BCUT2D eigenvalue weighted by atomic mass is 16.5. The van der Waals surface area contributed by atoms with Crippen molar-refractivity contribution < 1.29 is 4.74 Å². The molecule has 0 N–H and O–H groups in total. The third kappa shape index (κ3) is 1.61. The Balaban J connectivity index is 1.69. The van der Waals surface area contributed by atoms with Gasteiger partial charge in [-0.25, -0.2) is 0 Å². The molecule has 3 atom stereocenters. The summed E-state index contributed by atoms with van der Waals surface area (Å²) in [5.41, 5.74) is 1.77. The molecule has 2 aliphatic rings. The van der Waals surface area contributed by atoms with Crippen LogP contribution in [-0.2, 0) is 4.74 Å². The zero-order valence-corrected chi connectivity index (χ0v) is 9.02. The van der Waals surface area contributed by atoms with E-state index in [0.29, 0.717) is 11.5 Å². The minimum Gasteiger partial charge on any atom is -0.373 e. The third-order valence-corrected chi connectivity index (χ3v) is 3.70. The van der Waals surface area contributed by atoms with Gasteiger partial charge in [0.05, 0.1) is 12.7 Å². The normalized spacial score (nSPS) is 38.2. The first kappa shape index (κ1) is 9.17. The molecule has 0 spiro atoms. The van der Waals surface area contributed by atoms with E-state index >= 15 is 0 Å². The molecular weight excluding hydrogens is 184 g/mol. The molecule has 1 aromatic rings. The molecule has 1 heterocycles. The van der Waals surface area contributed by atoms with E-state index in [4.69, 9.17) is 4.74 Å². The molecule has 0 unspecified atom stereocenters. The van der Waals surface area contributed by atoms with Crippen LogP contribution < -0.4 is 0 Å². The van der Waals surface area contributed by atoms with Crippen molar-refractivity contribution in [2.45, 2.75) is 19.4 Å². The monoisotopic (exact) mass is 200 g/mol. The minimum absolute atomic E-state index is 0.357. The van der Waals surface area contributed by atoms with Crippen molar-refractivity contribution in [1.82, 2.24) is 0 Å². The van der Waals surface area contributed by atoms with Gasteiger partial charge < -0.3 is 4.74 Å². The first-order valence-electron chi connectivity index (χ1n) is 5.63. The number of rotatable bonds is 2. The Morgan fingerprint density at radius 2 is 2.13 bits per heavy atom. The third-order valence-electron chi connectivity index (χ3n) is 3.70. The quantitative estimate of drug-likeness (QED) is 0.712. The van der Waals surface area contributed by atoms with Crippen LogP contribution in [0.3, 0.4) is 0 Å². The summed E-state index contributed by atoms with van der Waals surface area (Å²) < 4.78 is 5.75. The van der Waals surface area contributed by atoms with Crippen LogP contribution in [0.25, 0.3) is 6.08 Å². The summed E-state index contributed by atoms with van der Waals surface area (Å²) in [5.74, 6) is 0.775. The molecule has 0 aromatic heterocycles. The van der Waals surface area contributed by atoms with Crippen LogP contribution in [-0.4, -0.2) is 12.7 Å². The fourth-order valence-corrected chi connectivity index (χ4v) is 2.48. The number of benzene rings is 1. The van der Waals surface area contributed by atoms with Crippen LogP contribution >= 0.6 is 0 Å². The van der Waals surface area contributed by atoms with Crippen molar-refractivity contribution in [3.63, 3.8) is 0 Å². The second-order valence-corrected chi connectivity index (χ2v) is 5.01. The van der Waals surface area contributed by atoms with E-state index < -0.39 is 0 Å². The van der Waals surface area contributed by atoms with Gasteiger partial charge >= 0.3 is 0 Å². The van der Waals surface area contributed by atoms with Gasteiger partial charge in [-0.05, 0) is 23.3 Å². The Labute approximate surface area is 90.8 Å². The molecule has 78 valence electrons.